The van der Waals surface area contributed by atoms with E-state index in [0.29, 0.717) is 33.7 Å². The lowest BCUT2D eigenvalue weighted by atomic mass is 10.1. The number of aliphatic imine (C=N–C) groups is 1. The number of halogens is 1. The summed E-state index contributed by atoms with van der Waals surface area (Å²) < 4.78 is 15.6. The number of amides is 1. The summed E-state index contributed by atoms with van der Waals surface area (Å²) in [5.74, 6) is -1.33. The van der Waals surface area contributed by atoms with Gasteiger partial charge in [-0.15, -0.1) is 0 Å². The molecule has 1 amide bonds. The van der Waals surface area contributed by atoms with Crippen LogP contribution < -0.4 is 9.47 Å². The Kier molecular flexibility index (Phi) is 8.19. The number of likely N-dealkylation sites (N-methyl/N-ethyl adjacent to an activating group) is 1. The van der Waals surface area contributed by atoms with Crippen molar-refractivity contribution in [2.24, 2.45) is 4.99 Å². The molecule has 9 nitrogen and oxygen atoms in total. The Morgan fingerprint density at radius 1 is 1.21 bits per heavy atom. The second-order valence-electron chi connectivity index (χ2n) is 6.85. The number of amidine groups is 1. The van der Waals surface area contributed by atoms with E-state index in [1.165, 1.54) is 35.9 Å². The van der Waals surface area contributed by atoms with Gasteiger partial charge in [-0.25, -0.2) is 14.6 Å². The van der Waals surface area contributed by atoms with E-state index in [0.717, 1.165) is 0 Å². The van der Waals surface area contributed by atoms with E-state index in [1.807, 2.05) is 0 Å². The molecule has 1 saturated heterocycles. The van der Waals surface area contributed by atoms with Crippen LogP contribution in [0.2, 0.25) is 5.02 Å². The molecule has 1 N–H and O–H groups in total. The molecule has 0 aliphatic carbocycles. The zero-order valence-corrected chi connectivity index (χ0v) is 20.1. The number of carbonyl (C=O) groups excluding carboxylic acids is 2. The minimum Gasteiger partial charge on any atom is -0.490 e. The van der Waals surface area contributed by atoms with Gasteiger partial charge in [-0.05, 0) is 66.7 Å². The summed E-state index contributed by atoms with van der Waals surface area (Å²) in [5, 5.41) is 9.66. The average molecular weight is 505 g/mol. The highest BCUT2D eigenvalue weighted by Crippen LogP contribution is 2.39. The van der Waals surface area contributed by atoms with Gasteiger partial charge in [-0.2, -0.15) is 0 Å². The number of benzene rings is 2. The minimum atomic E-state index is -1.03. The second kappa shape index (κ2) is 11.1. The molecule has 0 bridgehead atoms. The van der Waals surface area contributed by atoms with E-state index in [9.17, 15) is 14.4 Å². The lowest BCUT2D eigenvalue weighted by Crippen LogP contribution is -2.23. The number of ether oxygens (including phenoxy) is 3. The van der Waals surface area contributed by atoms with E-state index in [-0.39, 0.29) is 28.8 Å². The fourth-order valence-corrected chi connectivity index (χ4v) is 4.12. The van der Waals surface area contributed by atoms with Crippen molar-refractivity contribution in [1.29, 1.82) is 0 Å². The summed E-state index contributed by atoms with van der Waals surface area (Å²) in [6, 6.07) is 9.28. The van der Waals surface area contributed by atoms with Gasteiger partial charge in [0.25, 0.3) is 5.91 Å². The molecule has 1 heterocycles. The summed E-state index contributed by atoms with van der Waals surface area (Å²) in [7, 11) is 2.85. The van der Waals surface area contributed by atoms with E-state index in [4.69, 9.17) is 26.2 Å². The number of rotatable bonds is 8. The largest absolute Gasteiger partial charge is 0.490 e. The van der Waals surface area contributed by atoms with Gasteiger partial charge in [0.1, 0.15) is 0 Å². The van der Waals surface area contributed by atoms with Crippen LogP contribution >= 0.6 is 23.4 Å². The maximum atomic E-state index is 12.8. The smallest absolute Gasteiger partial charge is 0.343 e. The number of carboxylic acids is 1. The van der Waals surface area contributed by atoms with Crippen molar-refractivity contribution in [3.8, 4) is 11.5 Å². The Morgan fingerprint density at radius 3 is 2.53 bits per heavy atom. The van der Waals surface area contributed by atoms with Gasteiger partial charge < -0.3 is 19.3 Å². The van der Waals surface area contributed by atoms with Crippen LogP contribution in [0.1, 0.15) is 22.8 Å². The maximum Gasteiger partial charge on any atom is 0.343 e. The van der Waals surface area contributed by atoms with Crippen molar-refractivity contribution in [1.82, 2.24) is 4.90 Å². The fraction of sp³-hybridized carbons (Fsp3) is 0.217. The van der Waals surface area contributed by atoms with Crippen LogP contribution in [-0.4, -0.2) is 60.4 Å². The fourth-order valence-electron chi connectivity index (χ4n) is 2.86. The summed E-state index contributed by atoms with van der Waals surface area (Å²) in [6.07, 6.45) is 1.65. The number of nitrogens with zero attached hydrogens (tertiary/aromatic N) is 2. The SMILES string of the molecule is CCOc1cc(/C=C2\SC(=Nc3ccc(C(=O)O)cc3)N(C)C2=O)cc(Cl)c1OCC(=O)OC. The van der Waals surface area contributed by atoms with Crippen LogP contribution in [0.5, 0.6) is 11.5 Å². The van der Waals surface area contributed by atoms with Crippen LogP contribution in [0.3, 0.4) is 0 Å². The summed E-state index contributed by atoms with van der Waals surface area (Å²) in [5.41, 5.74) is 1.26. The van der Waals surface area contributed by atoms with Crippen molar-refractivity contribution >= 4 is 58.1 Å². The highest BCUT2D eigenvalue weighted by molar-refractivity contribution is 8.18. The van der Waals surface area contributed by atoms with E-state index >= 15 is 0 Å². The van der Waals surface area contributed by atoms with E-state index in [1.54, 1.807) is 44.3 Å². The first-order valence-electron chi connectivity index (χ1n) is 9.99. The molecule has 1 fully saturated rings. The molecule has 34 heavy (non-hydrogen) atoms. The Labute approximate surface area is 205 Å². The summed E-state index contributed by atoms with van der Waals surface area (Å²) in [4.78, 5) is 41.4. The van der Waals surface area contributed by atoms with Crippen LogP contribution in [0, 0.1) is 0 Å². The molecule has 0 saturated carbocycles. The normalized spacial score (nSPS) is 15.6. The molecular weight excluding hydrogens is 484 g/mol. The van der Waals surface area contributed by atoms with Gasteiger partial charge in [0.05, 0.1) is 34.9 Å². The topological polar surface area (TPSA) is 115 Å². The molecule has 0 radical (unpaired) electrons. The molecule has 0 aromatic heterocycles. The zero-order valence-electron chi connectivity index (χ0n) is 18.5. The van der Waals surface area contributed by atoms with Crippen molar-refractivity contribution in [3.05, 3.63) is 57.5 Å². The zero-order chi connectivity index (χ0) is 24.8. The third-order valence-corrected chi connectivity index (χ3v) is 5.87. The first-order chi connectivity index (χ1) is 16.2. The van der Waals surface area contributed by atoms with Gasteiger partial charge in [0, 0.05) is 7.05 Å². The Bertz CT molecular complexity index is 1180. The molecule has 11 heteroatoms. The Balaban J connectivity index is 1.87. The van der Waals surface area contributed by atoms with Gasteiger partial charge in [0.2, 0.25) is 0 Å². The monoisotopic (exact) mass is 504 g/mol. The standard InChI is InChI=1S/C23H21ClN2O7S/c1-4-32-17-10-13(9-16(24)20(17)33-12-19(27)31-3)11-18-21(28)26(2)23(34-18)25-15-7-5-14(6-8-15)22(29)30/h5-11H,4,12H2,1-3H3,(H,29,30)/b18-11-,25-23?. The number of carboxylic acid groups (broad SMARTS) is 1. The number of hydrogen-bond acceptors (Lipinski definition) is 8. The van der Waals surface area contributed by atoms with Gasteiger partial charge in [0.15, 0.2) is 23.3 Å². The lowest BCUT2D eigenvalue weighted by molar-refractivity contribution is -0.142. The highest BCUT2D eigenvalue weighted by Gasteiger charge is 2.30. The molecular formula is C23H21ClN2O7S. The minimum absolute atomic E-state index is 0.147. The first kappa shape index (κ1) is 25.1. The van der Waals surface area contributed by atoms with E-state index in [2.05, 4.69) is 9.73 Å². The molecule has 1 aliphatic heterocycles. The molecule has 0 spiro atoms. The number of thioether (sulfide) groups is 1. The van der Waals surface area contributed by atoms with Crippen LogP contribution in [0.25, 0.3) is 6.08 Å². The number of methoxy groups -OCH3 is 1. The molecule has 1 aliphatic rings. The molecule has 2 aromatic carbocycles. The van der Waals surface area contributed by atoms with Gasteiger partial charge >= 0.3 is 11.9 Å². The molecule has 178 valence electrons. The van der Waals surface area contributed by atoms with E-state index < -0.39 is 11.9 Å². The third-order valence-electron chi connectivity index (χ3n) is 4.53. The number of esters is 1. The lowest BCUT2D eigenvalue weighted by Gasteiger charge is -2.14. The quantitative estimate of drug-likeness (QED) is 0.419. The summed E-state index contributed by atoms with van der Waals surface area (Å²) in [6.45, 7) is 1.79. The Hall–Kier alpha value is -3.50. The highest BCUT2D eigenvalue weighted by atomic mass is 35.5. The predicted molar refractivity (Wildman–Crippen MR) is 129 cm³/mol. The van der Waals surface area contributed by atoms with Crippen molar-refractivity contribution in [3.63, 3.8) is 0 Å². The van der Waals surface area contributed by atoms with Crippen molar-refractivity contribution in [2.45, 2.75) is 6.92 Å². The van der Waals surface area contributed by atoms with Gasteiger partial charge in [-0.1, -0.05) is 11.6 Å². The second-order valence-corrected chi connectivity index (χ2v) is 8.27. The average Bonchev–Trinajstić information content (AvgIpc) is 3.06. The Morgan fingerprint density at radius 2 is 1.91 bits per heavy atom. The number of carbonyl (C=O) groups is 3. The molecule has 2 aromatic rings. The molecule has 0 atom stereocenters. The maximum absolute atomic E-state index is 12.8. The van der Waals surface area contributed by atoms with Crippen LogP contribution in [0.15, 0.2) is 46.3 Å². The van der Waals surface area contributed by atoms with Crippen LogP contribution in [0.4, 0.5) is 5.69 Å². The van der Waals surface area contributed by atoms with Gasteiger partial charge in [-0.3, -0.25) is 9.69 Å². The predicted octanol–water partition coefficient (Wildman–Crippen LogP) is 4.22. The summed E-state index contributed by atoms with van der Waals surface area (Å²) >= 11 is 7.53. The third kappa shape index (κ3) is 5.89. The molecule has 0 unspecified atom stereocenters. The van der Waals surface area contributed by atoms with Crippen molar-refractivity contribution < 1.29 is 33.7 Å². The first-order valence-corrected chi connectivity index (χ1v) is 11.2. The number of aromatic carboxylic acids is 1. The molecule has 3 rings (SSSR count). The number of hydrogen-bond donors (Lipinski definition) is 1. The van der Waals surface area contributed by atoms with Crippen LogP contribution in [-0.2, 0) is 14.3 Å². The van der Waals surface area contributed by atoms with Crippen molar-refractivity contribution in [2.75, 3.05) is 27.4 Å².